The van der Waals surface area contributed by atoms with Crippen molar-refractivity contribution in [3.63, 3.8) is 0 Å². The lowest BCUT2D eigenvalue weighted by molar-refractivity contribution is -0.122. The van der Waals surface area contributed by atoms with Crippen molar-refractivity contribution in [2.45, 2.75) is 52.0 Å². The van der Waals surface area contributed by atoms with E-state index in [0.717, 1.165) is 31.7 Å². The van der Waals surface area contributed by atoms with Gasteiger partial charge in [-0.3, -0.25) is 0 Å². The van der Waals surface area contributed by atoms with Crippen molar-refractivity contribution in [1.82, 2.24) is 14.9 Å². The van der Waals surface area contributed by atoms with Gasteiger partial charge in [-0.1, -0.05) is 6.92 Å². The minimum Gasteiger partial charge on any atom is -0.372 e. The SMILES string of the molecule is CCCn1cncc1COCC1CNCC(C)(C)O1. The Kier molecular flexibility index (Phi) is 4.96. The Hall–Kier alpha value is -0.910. The molecule has 1 fully saturated rings. The van der Waals surface area contributed by atoms with E-state index in [9.17, 15) is 0 Å². The zero-order chi connectivity index (χ0) is 13.7. The molecule has 1 aliphatic rings. The van der Waals surface area contributed by atoms with Crippen LogP contribution >= 0.6 is 0 Å². The zero-order valence-corrected chi connectivity index (χ0v) is 12.2. The molecule has 1 atom stereocenters. The summed E-state index contributed by atoms with van der Waals surface area (Å²) in [6.07, 6.45) is 4.97. The molecule has 0 spiro atoms. The number of aromatic nitrogens is 2. The Bertz CT molecular complexity index is 390. The van der Waals surface area contributed by atoms with Crippen LogP contribution in [-0.4, -0.2) is 41.0 Å². The van der Waals surface area contributed by atoms with Crippen LogP contribution in [0.1, 0.15) is 32.9 Å². The van der Waals surface area contributed by atoms with Crippen LogP contribution in [0.5, 0.6) is 0 Å². The van der Waals surface area contributed by atoms with Crippen molar-refractivity contribution < 1.29 is 9.47 Å². The average molecular weight is 267 g/mol. The van der Waals surface area contributed by atoms with E-state index in [2.05, 4.69) is 35.6 Å². The van der Waals surface area contributed by atoms with E-state index in [1.165, 1.54) is 0 Å². The number of nitrogens with zero attached hydrogens (tertiary/aromatic N) is 2. The van der Waals surface area contributed by atoms with Crippen LogP contribution in [0.2, 0.25) is 0 Å². The number of imidazole rings is 1. The maximum atomic E-state index is 5.96. The zero-order valence-electron chi connectivity index (χ0n) is 12.2. The lowest BCUT2D eigenvalue weighted by Crippen LogP contribution is -2.51. The number of rotatable bonds is 6. The number of morpholine rings is 1. The van der Waals surface area contributed by atoms with Crippen molar-refractivity contribution in [1.29, 1.82) is 0 Å². The molecule has 1 unspecified atom stereocenters. The quantitative estimate of drug-likeness (QED) is 0.850. The highest BCUT2D eigenvalue weighted by Crippen LogP contribution is 2.15. The second-order valence-electron chi connectivity index (χ2n) is 5.72. The van der Waals surface area contributed by atoms with Crippen LogP contribution < -0.4 is 5.32 Å². The van der Waals surface area contributed by atoms with Crippen molar-refractivity contribution in [3.05, 3.63) is 18.2 Å². The lowest BCUT2D eigenvalue weighted by Gasteiger charge is -2.36. The molecule has 0 bridgehead atoms. The molecule has 19 heavy (non-hydrogen) atoms. The number of aryl methyl sites for hydroxylation is 1. The Balaban J connectivity index is 1.75. The molecule has 1 N–H and O–H groups in total. The summed E-state index contributed by atoms with van der Waals surface area (Å²) in [5.41, 5.74) is 1.03. The topological polar surface area (TPSA) is 48.3 Å². The van der Waals surface area contributed by atoms with E-state index in [0.29, 0.717) is 13.2 Å². The first-order valence-corrected chi connectivity index (χ1v) is 7.06. The van der Waals surface area contributed by atoms with Crippen molar-refractivity contribution in [3.8, 4) is 0 Å². The van der Waals surface area contributed by atoms with E-state index in [1.54, 1.807) is 0 Å². The predicted octanol–water partition coefficient (Wildman–Crippen LogP) is 1.58. The minimum absolute atomic E-state index is 0.101. The number of hydrogen-bond acceptors (Lipinski definition) is 4. The molecule has 0 radical (unpaired) electrons. The molecular weight excluding hydrogens is 242 g/mol. The molecule has 0 amide bonds. The molecule has 2 rings (SSSR count). The molecule has 1 aromatic heterocycles. The summed E-state index contributed by atoms with van der Waals surface area (Å²) in [5.74, 6) is 0. The summed E-state index contributed by atoms with van der Waals surface area (Å²) in [5, 5.41) is 3.38. The van der Waals surface area contributed by atoms with E-state index in [4.69, 9.17) is 9.47 Å². The molecule has 0 aliphatic carbocycles. The van der Waals surface area contributed by atoms with Crippen molar-refractivity contribution in [2.24, 2.45) is 0 Å². The Morgan fingerprint density at radius 1 is 1.58 bits per heavy atom. The summed E-state index contributed by atoms with van der Waals surface area (Å²) in [7, 11) is 0. The largest absolute Gasteiger partial charge is 0.372 e. The van der Waals surface area contributed by atoms with Gasteiger partial charge in [-0.05, 0) is 20.3 Å². The van der Waals surface area contributed by atoms with Gasteiger partial charge in [-0.2, -0.15) is 0 Å². The van der Waals surface area contributed by atoms with E-state index in [-0.39, 0.29) is 11.7 Å². The molecule has 0 aromatic carbocycles. The maximum absolute atomic E-state index is 5.96. The van der Waals surface area contributed by atoms with Gasteiger partial charge in [0.05, 0.1) is 43.1 Å². The molecule has 2 heterocycles. The number of nitrogens with one attached hydrogen (secondary N) is 1. The maximum Gasteiger partial charge on any atom is 0.0948 e. The van der Waals surface area contributed by atoms with Crippen LogP contribution in [-0.2, 0) is 22.6 Å². The minimum atomic E-state index is -0.101. The van der Waals surface area contributed by atoms with E-state index < -0.39 is 0 Å². The molecule has 5 heteroatoms. The second kappa shape index (κ2) is 6.50. The molecule has 1 saturated heterocycles. The monoisotopic (exact) mass is 267 g/mol. The molecule has 1 aromatic rings. The van der Waals surface area contributed by atoms with Gasteiger partial charge in [0.25, 0.3) is 0 Å². The molecule has 0 saturated carbocycles. The standard InChI is InChI=1S/C14H25N3O2/c1-4-5-17-11-16-6-12(17)8-18-9-13-7-15-10-14(2,3)19-13/h6,11,13,15H,4-5,7-10H2,1-3H3. The molecule has 108 valence electrons. The third kappa shape index (κ3) is 4.30. The third-order valence-electron chi connectivity index (χ3n) is 3.23. The summed E-state index contributed by atoms with van der Waals surface area (Å²) >= 11 is 0. The van der Waals surface area contributed by atoms with Gasteiger partial charge in [0.15, 0.2) is 0 Å². The third-order valence-corrected chi connectivity index (χ3v) is 3.23. The fraction of sp³-hybridized carbons (Fsp3) is 0.786. The summed E-state index contributed by atoms with van der Waals surface area (Å²) < 4.78 is 13.9. The van der Waals surface area contributed by atoms with E-state index in [1.807, 2.05) is 12.5 Å². The fourth-order valence-electron chi connectivity index (χ4n) is 2.37. The molecule has 5 nitrogen and oxygen atoms in total. The van der Waals surface area contributed by atoms with Gasteiger partial charge in [0, 0.05) is 19.6 Å². The molecular formula is C14H25N3O2. The summed E-state index contributed by atoms with van der Waals surface area (Å²) in [4.78, 5) is 4.17. The average Bonchev–Trinajstić information content (AvgIpc) is 2.76. The first-order valence-electron chi connectivity index (χ1n) is 7.06. The van der Waals surface area contributed by atoms with E-state index >= 15 is 0 Å². The van der Waals surface area contributed by atoms with Gasteiger partial charge in [-0.25, -0.2) is 4.98 Å². The van der Waals surface area contributed by atoms with Gasteiger partial charge in [0.2, 0.25) is 0 Å². The Labute approximate surface area is 115 Å². The number of ether oxygens (including phenoxy) is 2. The van der Waals surface area contributed by atoms with Crippen molar-refractivity contribution in [2.75, 3.05) is 19.7 Å². The highest BCUT2D eigenvalue weighted by atomic mass is 16.5. The molecule has 1 aliphatic heterocycles. The second-order valence-corrected chi connectivity index (χ2v) is 5.72. The van der Waals surface area contributed by atoms with Crippen LogP contribution in [0.3, 0.4) is 0 Å². The predicted molar refractivity (Wildman–Crippen MR) is 74.0 cm³/mol. The van der Waals surface area contributed by atoms with Crippen molar-refractivity contribution >= 4 is 0 Å². The smallest absolute Gasteiger partial charge is 0.0948 e. The van der Waals surface area contributed by atoms with Crippen LogP contribution in [0.25, 0.3) is 0 Å². The normalized spacial score (nSPS) is 22.6. The van der Waals surface area contributed by atoms with Crippen LogP contribution in [0, 0.1) is 0 Å². The van der Waals surface area contributed by atoms with Gasteiger partial charge in [0.1, 0.15) is 0 Å². The highest BCUT2D eigenvalue weighted by Gasteiger charge is 2.28. The first kappa shape index (κ1) is 14.5. The lowest BCUT2D eigenvalue weighted by atomic mass is 10.1. The Morgan fingerprint density at radius 2 is 2.42 bits per heavy atom. The van der Waals surface area contributed by atoms with Gasteiger partial charge < -0.3 is 19.4 Å². The number of hydrogen-bond donors (Lipinski definition) is 1. The van der Waals surface area contributed by atoms with Gasteiger partial charge in [-0.15, -0.1) is 0 Å². The summed E-state index contributed by atoms with van der Waals surface area (Å²) in [6.45, 7) is 10.3. The van der Waals surface area contributed by atoms with Gasteiger partial charge >= 0.3 is 0 Å². The first-order chi connectivity index (χ1) is 9.11. The summed E-state index contributed by atoms with van der Waals surface area (Å²) in [6, 6.07) is 0. The highest BCUT2D eigenvalue weighted by molar-refractivity contribution is 4.96. The Morgan fingerprint density at radius 3 is 3.16 bits per heavy atom. The fourth-order valence-corrected chi connectivity index (χ4v) is 2.37. The van der Waals surface area contributed by atoms with Crippen LogP contribution in [0.15, 0.2) is 12.5 Å². The van der Waals surface area contributed by atoms with Crippen LogP contribution in [0.4, 0.5) is 0 Å².